The van der Waals surface area contributed by atoms with Crippen LogP contribution in [0.15, 0.2) is 42.6 Å². The van der Waals surface area contributed by atoms with Crippen LogP contribution in [-0.2, 0) is 12.8 Å². The number of fused-ring (bicyclic) bond motifs is 1. The lowest BCUT2D eigenvalue weighted by atomic mass is 10.0. The maximum Gasteiger partial charge on any atom is 0.339 e. The zero-order valence-electron chi connectivity index (χ0n) is 24.0. The van der Waals surface area contributed by atoms with Gasteiger partial charge in [0.15, 0.2) is 11.5 Å². The maximum atomic E-state index is 12.9. The number of aromatic amines is 1. The number of piperazine rings is 1. The van der Waals surface area contributed by atoms with Gasteiger partial charge in [-0.25, -0.2) is 9.59 Å². The van der Waals surface area contributed by atoms with Crippen LogP contribution in [0.5, 0.6) is 11.5 Å². The van der Waals surface area contributed by atoms with Crippen LogP contribution in [0.3, 0.4) is 0 Å². The van der Waals surface area contributed by atoms with Crippen molar-refractivity contribution in [2.45, 2.75) is 26.2 Å². The zero-order chi connectivity index (χ0) is 30.3. The third-order valence-electron chi connectivity index (χ3n) is 7.32. The van der Waals surface area contributed by atoms with Crippen molar-refractivity contribution < 1.29 is 24.2 Å². The molecular formula is C30H32N8O5. The molecule has 13 heteroatoms. The van der Waals surface area contributed by atoms with Gasteiger partial charge in [0.25, 0.3) is 0 Å². The summed E-state index contributed by atoms with van der Waals surface area (Å²) in [4.78, 5) is 33.9. The van der Waals surface area contributed by atoms with Gasteiger partial charge in [0.1, 0.15) is 5.56 Å². The van der Waals surface area contributed by atoms with Gasteiger partial charge in [-0.05, 0) is 49.6 Å². The predicted octanol–water partition coefficient (Wildman–Crippen LogP) is 3.86. The van der Waals surface area contributed by atoms with Crippen molar-refractivity contribution in [3.63, 3.8) is 0 Å². The first-order chi connectivity index (χ1) is 20.9. The van der Waals surface area contributed by atoms with Crippen molar-refractivity contribution in [2.75, 3.05) is 50.1 Å². The lowest BCUT2D eigenvalue weighted by molar-refractivity contribution is 0.0695. The van der Waals surface area contributed by atoms with Crippen LogP contribution in [0, 0.1) is 11.3 Å². The number of hydrogen-bond donors (Lipinski definition) is 3. The number of ether oxygens (including phenoxy) is 2. The second-order valence-electron chi connectivity index (χ2n) is 9.97. The Morgan fingerprint density at radius 2 is 1.91 bits per heavy atom. The number of aromatic carboxylic acids is 1. The van der Waals surface area contributed by atoms with Crippen molar-refractivity contribution in [1.29, 1.82) is 5.26 Å². The summed E-state index contributed by atoms with van der Waals surface area (Å²) in [5, 5.41) is 33.2. The number of pyridine rings is 1. The highest BCUT2D eigenvalue weighted by Crippen LogP contribution is 2.39. The molecule has 2 amide bonds. The first-order valence-corrected chi connectivity index (χ1v) is 14.0. The minimum absolute atomic E-state index is 0.147. The SMILES string of the molecule is CCc1nc2cc(OCCCc3c[nH]nn3)c(OC)cc2c(N2CCN(C(=O)Nc3ccc(C#N)cc3)CC2)c1C(=O)O. The fraction of sp³-hybridized carbons (Fsp3) is 0.333. The van der Waals surface area contributed by atoms with E-state index in [0.717, 1.165) is 5.69 Å². The number of aryl methyl sites for hydroxylation is 2. The summed E-state index contributed by atoms with van der Waals surface area (Å²) in [5.41, 5.74) is 3.72. The Kier molecular flexibility index (Phi) is 8.85. The number of nitrogens with one attached hydrogen (secondary N) is 2. The third-order valence-corrected chi connectivity index (χ3v) is 7.32. The molecule has 222 valence electrons. The largest absolute Gasteiger partial charge is 0.493 e. The second-order valence-corrected chi connectivity index (χ2v) is 9.97. The Balaban J connectivity index is 1.38. The molecule has 0 atom stereocenters. The highest BCUT2D eigenvalue weighted by atomic mass is 16.5. The van der Waals surface area contributed by atoms with Gasteiger partial charge >= 0.3 is 12.0 Å². The molecule has 1 saturated heterocycles. The van der Waals surface area contributed by atoms with Crippen molar-refractivity contribution >= 4 is 34.3 Å². The Labute approximate surface area is 248 Å². The van der Waals surface area contributed by atoms with E-state index in [0.29, 0.717) is 97.1 Å². The van der Waals surface area contributed by atoms with E-state index in [4.69, 9.17) is 19.7 Å². The average molecular weight is 585 g/mol. The van der Waals surface area contributed by atoms with Gasteiger partial charge in [-0.15, -0.1) is 5.10 Å². The summed E-state index contributed by atoms with van der Waals surface area (Å²) < 4.78 is 11.7. The summed E-state index contributed by atoms with van der Waals surface area (Å²) in [6, 6.07) is 12.0. The van der Waals surface area contributed by atoms with Crippen LogP contribution in [0.25, 0.3) is 10.9 Å². The van der Waals surface area contributed by atoms with Crippen LogP contribution in [0.4, 0.5) is 16.2 Å². The Morgan fingerprint density at radius 3 is 2.53 bits per heavy atom. The molecule has 1 fully saturated rings. The number of H-pyrrole nitrogens is 1. The van der Waals surface area contributed by atoms with E-state index < -0.39 is 5.97 Å². The minimum atomic E-state index is -1.06. The van der Waals surface area contributed by atoms with Gasteiger partial charge in [0, 0.05) is 49.5 Å². The first-order valence-electron chi connectivity index (χ1n) is 14.0. The number of nitrogens with zero attached hydrogens (tertiary/aromatic N) is 6. The minimum Gasteiger partial charge on any atom is -0.493 e. The molecule has 0 aliphatic carbocycles. The molecule has 3 heterocycles. The number of carbonyl (C=O) groups excluding carboxylic acids is 1. The standard InChI is InChI=1S/C30H32N8O5/c1-3-23-27(29(39)40)28(37-10-12-38(13-11-37)30(41)33-20-8-6-19(17-31)7-9-20)22-15-25(42-2)26(16-24(22)34-23)43-14-4-5-21-18-32-36-35-21/h6-9,15-16,18H,3-5,10-14H2,1-2H3,(H,33,41)(H,39,40)(H,32,35,36). The van der Waals surface area contributed by atoms with Gasteiger partial charge in [-0.1, -0.05) is 12.1 Å². The quantitative estimate of drug-likeness (QED) is 0.233. The highest BCUT2D eigenvalue weighted by molar-refractivity contribution is 6.06. The molecule has 43 heavy (non-hydrogen) atoms. The van der Waals surface area contributed by atoms with Crippen LogP contribution >= 0.6 is 0 Å². The molecule has 0 unspecified atom stereocenters. The summed E-state index contributed by atoms with van der Waals surface area (Å²) in [5.74, 6) is -0.0737. The maximum absolute atomic E-state index is 12.9. The average Bonchev–Trinajstić information content (AvgIpc) is 3.55. The van der Waals surface area contributed by atoms with Crippen LogP contribution < -0.4 is 19.7 Å². The monoisotopic (exact) mass is 584 g/mol. The molecular weight excluding hydrogens is 552 g/mol. The van der Waals surface area contributed by atoms with E-state index >= 15 is 0 Å². The first kappa shape index (κ1) is 29.1. The van der Waals surface area contributed by atoms with Crippen molar-refractivity contribution in [2.24, 2.45) is 0 Å². The van der Waals surface area contributed by atoms with E-state index in [-0.39, 0.29) is 11.6 Å². The van der Waals surface area contributed by atoms with Gasteiger partial charge in [-0.3, -0.25) is 10.1 Å². The number of urea groups is 1. The Bertz CT molecular complexity index is 1640. The third kappa shape index (κ3) is 6.43. The molecule has 5 rings (SSSR count). The van der Waals surface area contributed by atoms with Gasteiger partial charge in [0.05, 0.1) is 47.9 Å². The van der Waals surface area contributed by atoms with Gasteiger partial charge < -0.3 is 29.7 Å². The number of rotatable bonds is 10. The number of methoxy groups -OCH3 is 1. The molecule has 2 aromatic heterocycles. The molecule has 0 saturated carbocycles. The van der Waals surface area contributed by atoms with Crippen LogP contribution in [-0.4, -0.2) is 82.3 Å². The fourth-order valence-electron chi connectivity index (χ4n) is 5.13. The zero-order valence-corrected chi connectivity index (χ0v) is 24.0. The summed E-state index contributed by atoms with van der Waals surface area (Å²) in [7, 11) is 1.54. The molecule has 0 bridgehead atoms. The number of carbonyl (C=O) groups is 2. The van der Waals surface area contributed by atoms with E-state index in [1.54, 1.807) is 54.6 Å². The number of benzene rings is 2. The molecule has 13 nitrogen and oxygen atoms in total. The number of anilines is 2. The van der Waals surface area contributed by atoms with Crippen molar-refractivity contribution in [3.05, 3.63) is 65.1 Å². The van der Waals surface area contributed by atoms with E-state index in [1.807, 2.05) is 11.8 Å². The molecule has 2 aromatic carbocycles. The number of carboxylic acid groups (broad SMARTS) is 1. The predicted molar refractivity (Wildman–Crippen MR) is 159 cm³/mol. The van der Waals surface area contributed by atoms with E-state index in [1.165, 1.54) is 0 Å². The molecule has 3 N–H and O–H groups in total. The Morgan fingerprint density at radius 1 is 1.14 bits per heavy atom. The fourth-order valence-corrected chi connectivity index (χ4v) is 5.13. The summed E-state index contributed by atoms with van der Waals surface area (Å²) >= 11 is 0. The van der Waals surface area contributed by atoms with E-state index in [2.05, 4.69) is 26.8 Å². The number of aromatic nitrogens is 4. The molecule has 1 aliphatic heterocycles. The van der Waals surface area contributed by atoms with Crippen LogP contribution in [0.1, 0.15) is 40.7 Å². The number of nitriles is 1. The molecule has 0 spiro atoms. The lowest BCUT2D eigenvalue weighted by Gasteiger charge is -2.37. The molecule has 1 aliphatic rings. The second kappa shape index (κ2) is 13.1. The normalized spacial score (nSPS) is 13.0. The smallest absolute Gasteiger partial charge is 0.339 e. The highest BCUT2D eigenvalue weighted by Gasteiger charge is 2.29. The molecule has 4 aromatic rings. The number of carboxylic acids is 1. The van der Waals surface area contributed by atoms with Gasteiger partial charge in [0.2, 0.25) is 0 Å². The van der Waals surface area contributed by atoms with E-state index in [9.17, 15) is 14.7 Å². The van der Waals surface area contributed by atoms with Gasteiger partial charge in [-0.2, -0.15) is 5.26 Å². The molecule has 0 radical (unpaired) electrons. The number of hydrogen-bond acceptors (Lipinski definition) is 9. The summed E-state index contributed by atoms with van der Waals surface area (Å²) in [6.07, 6.45) is 3.59. The lowest BCUT2D eigenvalue weighted by Crippen LogP contribution is -2.50. The Hall–Kier alpha value is -5.38. The van der Waals surface area contributed by atoms with Crippen molar-refractivity contribution in [1.82, 2.24) is 25.3 Å². The number of amides is 2. The summed E-state index contributed by atoms with van der Waals surface area (Å²) in [6.45, 7) is 3.91. The van der Waals surface area contributed by atoms with Crippen LogP contribution in [0.2, 0.25) is 0 Å². The topological polar surface area (TPSA) is 170 Å². The van der Waals surface area contributed by atoms with Crippen molar-refractivity contribution in [3.8, 4) is 17.6 Å².